The summed E-state index contributed by atoms with van der Waals surface area (Å²) in [5, 5.41) is 2.58. The molecule has 204 valence electrons. The van der Waals surface area contributed by atoms with Crippen molar-refractivity contribution < 1.29 is 0 Å². The average molecular weight is 552 g/mol. The van der Waals surface area contributed by atoms with Crippen LogP contribution >= 0.6 is 0 Å². The van der Waals surface area contributed by atoms with E-state index < -0.39 is 0 Å². The molecular weight excluding hydrogens is 522 g/mol. The number of para-hydroxylation sites is 3. The minimum absolute atomic E-state index is 0.113. The van der Waals surface area contributed by atoms with Crippen molar-refractivity contribution >= 4 is 32.8 Å². The monoisotopic (exact) mass is 551 g/mol. The summed E-state index contributed by atoms with van der Waals surface area (Å²) < 4.78 is 4.75. The Morgan fingerprint density at radius 1 is 0.512 bits per heavy atom. The fourth-order valence-corrected chi connectivity index (χ4v) is 7.40. The van der Waals surface area contributed by atoms with Crippen LogP contribution in [-0.4, -0.2) is 14.1 Å². The van der Waals surface area contributed by atoms with Gasteiger partial charge in [-0.3, -0.25) is 4.57 Å². The Balaban J connectivity index is 1.29. The molecule has 0 saturated heterocycles. The van der Waals surface area contributed by atoms with Crippen molar-refractivity contribution in [1.82, 2.24) is 14.1 Å². The summed E-state index contributed by atoms with van der Waals surface area (Å²) in [6.07, 6.45) is 0. The van der Waals surface area contributed by atoms with Gasteiger partial charge in [-0.2, -0.15) is 0 Å². The summed E-state index contributed by atoms with van der Waals surface area (Å²) in [5.41, 5.74) is 13.3. The van der Waals surface area contributed by atoms with Gasteiger partial charge in [0, 0.05) is 33.1 Å². The Labute approximate surface area is 250 Å². The van der Waals surface area contributed by atoms with E-state index in [9.17, 15) is 0 Å². The normalized spacial score (nSPS) is 13.5. The van der Waals surface area contributed by atoms with Gasteiger partial charge in [0.15, 0.2) is 0 Å². The first kappa shape index (κ1) is 24.2. The van der Waals surface area contributed by atoms with E-state index in [1.54, 1.807) is 0 Å². The number of hydrogen-bond donors (Lipinski definition) is 0. The van der Waals surface area contributed by atoms with E-state index in [-0.39, 0.29) is 5.41 Å². The third kappa shape index (κ3) is 3.33. The summed E-state index contributed by atoms with van der Waals surface area (Å²) in [6.45, 7) is 4.74. The number of fused-ring (bicyclic) bond motifs is 8. The molecule has 2 heterocycles. The van der Waals surface area contributed by atoms with Crippen LogP contribution in [0.4, 0.5) is 0 Å². The lowest BCUT2D eigenvalue weighted by Gasteiger charge is -2.23. The minimum Gasteiger partial charge on any atom is -0.309 e. The highest BCUT2D eigenvalue weighted by molar-refractivity contribution is 6.13. The molecule has 8 aromatic rings. The number of nitrogens with zero attached hydrogens (tertiary/aromatic N) is 3. The fraction of sp³-hybridized carbons (Fsp3) is 0.0750. The van der Waals surface area contributed by atoms with Gasteiger partial charge in [-0.05, 0) is 64.7 Å². The molecule has 3 nitrogen and oxygen atoms in total. The van der Waals surface area contributed by atoms with E-state index in [4.69, 9.17) is 4.98 Å². The van der Waals surface area contributed by atoms with E-state index >= 15 is 0 Å². The summed E-state index contributed by atoms with van der Waals surface area (Å²) in [7, 11) is 0. The molecule has 2 aromatic heterocycles. The number of hydrogen-bond acceptors (Lipinski definition) is 1. The van der Waals surface area contributed by atoms with Crippen molar-refractivity contribution in [2.75, 3.05) is 0 Å². The van der Waals surface area contributed by atoms with Crippen molar-refractivity contribution in [1.29, 1.82) is 0 Å². The zero-order valence-electron chi connectivity index (χ0n) is 24.1. The topological polar surface area (TPSA) is 22.8 Å². The molecule has 9 rings (SSSR count). The van der Waals surface area contributed by atoms with Gasteiger partial charge < -0.3 is 4.57 Å². The molecule has 0 unspecified atom stereocenters. The number of rotatable bonds is 3. The third-order valence-corrected chi connectivity index (χ3v) is 9.31. The SMILES string of the molecule is CC1(C)c2ccccc2-c2ccc3c4ccccc4n(-c4ccc(-n5c(-c6ccccc6)nc6ccccc65)cc4)c3c21. The molecule has 0 aliphatic heterocycles. The van der Waals surface area contributed by atoms with Crippen LogP contribution in [0.5, 0.6) is 0 Å². The molecule has 0 spiro atoms. The smallest absolute Gasteiger partial charge is 0.145 e. The average Bonchev–Trinajstić information content (AvgIpc) is 3.68. The van der Waals surface area contributed by atoms with Crippen LogP contribution in [0.2, 0.25) is 0 Å². The molecule has 0 bridgehead atoms. The largest absolute Gasteiger partial charge is 0.309 e. The van der Waals surface area contributed by atoms with Gasteiger partial charge in [0.2, 0.25) is 0 Å². The zero-order valence-corrected chi connectivity index (χ0v) is 24.1. The first-order valence-electron chi connectivity index (χ1n) is 14.9. The van der Waals surface area contributed by atoms with Crippen molar-refractivity contribution in [3.8, 4) is 33.9 Å². The van der Waals surface area contributed by atoms with E-state index in [1.165, 1.54) is 44.1 Å². The predicted molar refractivity (Wildman–Crippen MR) is 178 cm³/mol. The molecule has 1 aliphatic rings. The molecule has 0 N–H and O–H groups in total. The lowest BCUT2D eigenvalue weighted by molar-refractivity contribution is 0.664. The third-order valence-electron chi connectivity index (χ3n) is 9.31. The maximum absolute atomic E-state index is 5.05. The van der Waals surface area contributed by atoms with E-state index in [0.29, 0.717) is 0 Å². The second-order valence-corrected chi connectivity index (χ2v) is 12.0. The Morgan fingerprint density at radius 3 is 1.98 bits per heavy atom. The fourth-order valence-electron chi connectivity index (χ4n) is 7.40. The van der Waals surface area contributed by atoms with Gasteiger partial charge in [0.05, 0.1) is 22.1 Å². The number of benzene rings is 6. The Morgan fingerprint density at radius 2 is 1.16 bits per heavy atom. The summed E-state index contributed by atoms with van der Waals surface area (Å²) in [4.78, 5) is 5.05. The molecule has 0 amide bonds. The van der Waals surface area contributed by atoms with Crippen LogP contribution in [0.1, 0.15) is 25.0 Å². The first-order valence-corrected chi connectivity index (χ1v) is 14.9. The highest BCUT2D eigenvalue weighted by Crippen LogP contribution is 2.52. The van der Waals surface area contributed by atoms with Gasteiger partial charge >= 0.3 is 0 Å². The quantitative estimate of drug-likeness (QED) is 0.214. The Hall–Kier alpha value is -5.41. The predicted octanol–water partition coefficient (Wildman–Crippen LogP) is 10.1. The van der Waals surface area contributed by atoms with Gasteiger partial charge in [-0.1, -0.05) is 111 Å². The number of aromatic nitrogens is 3. The summed E-state index contributed by atoms with van der Waals surface area (Å²) >= 11 is 0. The first-order chi connectivity index (χ1) is 21.1. The van der Waals surface area contributed by atoms with Crippen molar-refractivity contribution in [3.05, 3.63) is 151 Å². The second kappa shape index (κ2) is 8.80. The molecule has 43 heavy (non-hydrogen) atoms. The van der Waals surface area contributed by atoms with Crippen LogP contribution < -0.4 is 0 Å². The van der Waals surface area contributed by atoms with E-state index in [2.05, 4.69) is 156 Å². The molecule has 6 aromatic carbocycles. The van der Waals surface area contributed by atoms with Gasteiger partial charge in [0.1, 0.15) is 5.82 Å². The Kier molecular flexibility index (Phi) is 4.95. The van der Waals surface area contributed by atoms with Crippen molar-refractivity contribution in [3.63, 3.8) is 0 Å². The van der Waals surface area contributed by atoms with Crippen LogP contribution in [0.15, 0.2) is 140 Å². The van der Waals surface area contributed by atoms with Crippen molar-refractivity contribution in [2.45, 2.75) is 19.3 Å². The summed E-state index contributed by atoms with van der Waals surface area (Å²) in [6, 6.07) is 50.2. The lowest BCUT2D eigenvalue weighted by atomic mass is 9.81. The standard InChI is InChI=1S/C40H29N3/c1-40(2)33-16-8-6-14-29(33)31-24-25-32-30-15-7-10-18-35(30)42(38(32)37(31)40)27-20-22-28(23-21-27)43-36-19-11-9-17-34(36)41-39(43)26-12-4-3-5-13-26/h3-25H,1-2H3. The Bertz CT molecular complexity index is 2350. The van der Waals surface area contributed by atoms with Gasteiger partial charge in [-0.15, -0.1) is 0 Å². The molecule has 0 atom stereocenters. The van der Waals surface area contributed by atoms with E-state index in [0.717, 1.165) is 33.8 Å². The van der Waals surface area contributed by atoms with Crippen LogP contribution in [0.25, 0.3) is 66.7 Å². The second-order valence-electron chi connectivity index (χ2n) is 12.0. The van der Waals surface area contributed by atoms with Crippen molar-refractivity contribution in [2.24, 2.45) is 0 Å². The maximum Gasteiger partial charge on any atom is 0.145 e. The van der Waals surface area contributed by atoms with Crippen LogP contribution in [0, 0.1) is 0 Å². The zero-order chi connectivity index (χ0) is 28.7. The minimum atomic E-state index is -0.113. The maximum atomic E-state index is 5.05. The number of imidazole rings is 1. The molecule has 0 saturated carbocycles. The lowest BCUT2D eigenvalue weighted by Crippen LogP contribution is -2.16. The molecule has 0 radical (unpaired) electrons. The molecule has 3 heteroatoms. The highest BCUT2D eigenvalue weighted by atomic mass is 15.1. The summed E-state index contributed by atoms with van der Waals surface area (Å²) in [5.74, 6) is 0.948. The molecule has 1 aliphatic carbocycles. The van der Waals surface area contributed by atoms with Gasteiger partial charge in [0.25, 0.3) is 0 Å². The molecule has 0 fully saturated rings. The van der Waals surface area contributed by atoms with Crippen LogP contribution in [-0.2, 0) is 5.41 Å². The molecular formula is C40H29N3. The van der Waals surface area contributed by atoms with Crippen LogP contribution in [0.3, 0.4) is 0 Å². The highest BCUT2D eigenvalue weighted by Gasteiger charge is 2.38. The van der Waals surface area contributed by atoms with E-state index in [1.807, 2.05) is 6.07 Å². The van der Waals surface area contributed by atoms with Gasteiger partial charge in [-0.25, -0.2) is 4.98 Å².